The van der Waals surface area contributed by atoms with Crippen LogP contribution in [0.3, 0.4) is 0 Å². The molecule has 1 aliphatic rings. The molecule has 2 atom stereocenters. The molecule has 1 aromatic carbocycles. The van der Waals surface area contributed by atoms with Gasteiger partial charge >= 0.3 is 0 Å². The molecule has 7 heteroatoms. The van der Waals surface area contributed by atoms with Gasteiger partial charge in [-0.3, -0.25) is 4.98 Å². The van der Waals surface area contributed by atoms with Crippen LogP contribution in [0.2, 0.25) is 0 Å². The zero-order valence-corrected chi connectivity index (χ0v) is 16.3. The minimum absolute atomic E-state index is 0.149. The number of phenolic OH excluding ortho intramolecular Hbond substituents is 1. The molecule has 0 saturated carbocycles. The number of anilines is 1. The highest BCUT2D eigenvalue weighted by atomic mass is 32.1. The van der Waals surface area contributed by atoms with Crippen LogP contribution in [0.5, 0.6) is 5.75 Å². The lowest BCUT2D eigenvalue weighted by Crippen LogP contribution is -2.30. The zero-order chi connectivity index (χ0) is 19.5. The van der Waals surface area contributed by atoms with Gasteiger partial charge in [-0.2, -0.15) is 0 Å². The summed E-state index contributed by atoms with van der Waals surface area (Å²) < 4.78 is 7.43. The fourth-order valence-corrected chi connectivity index (χ4v) is 4.01. The molecule has 0 bridgehead atoms. The molecule has 0 radical (unpaired) electrons. The van der Waals surface area contributed by atoms with E-state index in [-0.39, 0.29) is 17.8 Å². The predicted octanol–water partition coefficient (Wildman–Crippen LogP) is 3.41. The zero-order valence-electron chi connectivity index (χ0n) is 15.5. The SMILES string of the molecule is COCCn1cccc1[C@@H]1[C@@H](c2ccccn2)NC(=S)N1c1ccccc1O. The maximum absolute atomic E-state index is 10.5. The van der Waals surface area contributed by atoms with Crippen molar-refractivity contribution in [3.8, 4) is 5.75 Å². The van der Waals surface area contributed by atoms with Gasteiger partial charge in [0.05, 0.1) is 24.0 Å². The number of aromatic nitrogens is 2. The number of benzene rings is 1. The third kappa shape index (κ3) is 3.34. The molecule has 2 N–H and O–H groups in total. The first-order valence-corrected chi connectivity index (χ1v) is 9.54. The number of nitrogens with one attached hydrogen (secondary N) is 1. The van der Waals surface area contributed by atoms with Gasteiger partial charge in [0.1, 0.15) is 11.8 Å². The van der Waals surface area contributed by atoms with Crippen LogP contribution in [-0.4, -0.2) is 33.5 Å². The Balaban J connectivity index is 1.83. The van der Waals surface area contributed by atoms with Crippen LogP contribution in [0.1, 0.15) is 23.5 Å². The standard InChI is InChI=1S/C21H22N4O2S/c1-27-14-13-24-12-6-9-17(24)20-19(15-7-4-5-11-22-15)23-21(28)25(20)16-8-2-3-10-18(16)26/h2-12,19-20,26H,13-14H2,1H3,(H,23,28)/t19-,20-/m1/s1. The Morgan fingerprint density at radius 3 is 2.71 bits per heavy atom. The van der Waals surface area contributed by atoms with Crippen molar-refractivity contribution in [1.29, 1.82) is 0 Å². The summed E-state index contributed by atoms with van der Waals surface area (Å²) >= 11 is 5.68. The van der Waals surface area contributed by atoms with E-state index in [1.807, 2.05) is 47.5 Å². The second kappa shape index (κ2) is 8.00. The van der Waals surface area contributed by atoms with Crippen LogP contribution in [0, 0.1) is 0 Å². The lowest BCUT2D eigenvalue weighted by atomic mass is 10.0. The predicted molar refractivity (Wildman–Crippen MR) is 112 cm³/mol. The van der Waals surface area contributed by atoms with Gasteiger partial charge in [0.2, 0.25) is 0 Å². The molecule has 1 saturated heterocycles. The van der Waals surface area contributed by atoms with Gasteiger partial charge in [0, 0.05) is 31.7 Å². The summed E-state index contributed by atoms with van der Waals surface area (Å²) in [6.45, 7) is 1.34. The molecule has 144 valence electrons. The fourth-order valence-electron chi connectivity index (χ4n) is 3.67. The first-order chi connectivity index (χ1) is 13.7. The van der Waals surface area contributed by atoms with Crippen molar-refractivity contribution in [2.24, 2.45) is 0 Å². The Morgan fingerprint density at radius 1 is 1.14 bits per heavy atom. The summed E-state index contributed by atoms with van der Waals surface area (Å²) in [4.78, 5) is 6.53. The summed E-state index contributed by atoms with van der Waals surface area (Å²) in [7, 11) is 1.69. The Labute approximate surface area is 169 Å². The van der Waals surface area contributed by atoms with E-state index in [1.54, 1.807) is 25.4 Å². The van der Waals surface area contributed by atoms with E-state index < -0.39 is 0 Å². The molecule has 0 spiro atoms. The summed E-state index contributed by atoms with van der Waals surface area (Å²) in [5.74, 6) is 0.188. The van der Waals surface area contributed by atoms with Gasteiger partial charge in [-0.25, -0.2) is 0 Å². The minimum Gasteiger partial charge on any atom is -0.506 e. The van der Waals surface area contributed by atoms with E-state index in [9.17, 15) is 5.11 Å². The topological polar surface area (TPSA) is 62.5 Å². The number of rotatable bonds is 6. The van der Waals surface area contributed by atoms with Crippen LogP contribution in [0.4, 0.5) is 5.69 Å². The molecule has 0 aliphatic carbocycles. The van der Waals surface area contributed by atoms with E-state index in [0.717, 1.165) is 17.9 Å². The molecule has 28 heavy (non-hydrogen) atoms. The lowest BCUT2D eigenvalue weighted by molar-refractivity contribution is 0.186. The highest BCUT2D eigenvalue weighted by Crippen LogP contribution is 2.44. The summed E-state index contributed by atoms with van der Waals surface area (Å²) in [5.41, 5.74) is 2.64. The van der Waals surface area contributed by atoms with Crippen LogP contribution in [0.25, 0.3) is 0 Å². The second-order valence-corrected chi connectivity index (χ2v) is 6.99. The van der Waals surface area contributed by atoms with Crippen molar-refractivity contribution in [2.75, 3.05) is 18.6 Å². The number of hydrogen-bond acceptors (Lipinski definition) is 4. The van der Waals surface area contributed by atoms with Gasteiger partial charge in [-0.15, -0.1) is 0 Å². The first kappa shape index (κ1) is 18.5. The Hall–Kier alpha value is -2.90. The molecule has 1 aliphatic heterocycles. The average molecular weight is 395 g/mol. The summed E-state index contributed by atoms with van der Waals surface area (Å²) in [6.07, 6.45) is 3.82. The molecule has 0 amide bonds. The number of thiocarbonyl (C=S) groups is 1. The van der Waals surface area contributed by atoms with Crippen molar-refractivity contribution in [1.82, 2.24) is 14.9 Å². The van der Waals surface area contributed by atoms with Gasteiger partial charge < -0.3 is 24.6 Å². The number of aromatic hydroxyl groups is 1. The van der Waals surface area contributed by atoms with E-state index in [1.165, 1.54) is 0 Å². The van der Waals surface area contributed by atoms with Crippen molar-refractivity contribution in [3.63, 3.8) is 0 Å². The maximum Gasteiger partial charge on any atom is 0.174 e. The van der Waals surface area contributed by atoms with E-state index in [4.69, 9.17) is 17.0 Å². The van der Waals surface area contributed by atoms with Crippen molar-refractivity contribution < 1.29 is 9.84 Å². The van der Waals surface area contributed by atoms with Crippen LogP contribution in [0.15, 0.2) is 67.0 Å². The minimum atomic E-state index is -0.164. The van der Waals surface area contributed by atoms with Gasteiger partial charge in [0.25, 0.3) is 0 Å². The van der Waals surface area contributed by atoms with Gasteiger partial charge in [-0.05, 0) is 48.6 Å². The van der Waals surface area contributed by atoms with Crippen molar-refractivity contribution in [3.05, 3.63) is 78.4 Å². The molecule has 3 heterocycles. The average Bonchev–Trinajstić information content (AvgIpc) is 3.31. The Morgan fingerprint density at radius 2 is 1.96 bits per heavy atom. The van der Waals surface area contributed by atoms with Crippen LogP contribution >= 0.6 is 12.2 Å². The van der Waals surface area contributed by atoms with Crippen LogP contribution in [-0.2, 0) is 11.3 Å². The third-order valence-electron chi connectivity index (χ3n) is 4.94. The number of phenols is 1. The van der Waals surface area contributed by atoms with E-state index in [0.29, 0.717) is 17.4 Å². The fraction of sp³-hybridized carbons (Fsp3) is 0.238. The number of para-hydroxylation sites is 2. The molecule has 2 aromatic heterocycles. The van der Waals surface area contributed by atoms with Crippen molar-refractivity contribution in [2.45, 2.75) is 18.6 Å². The number of pyridine rings is 1. The molecule has 1 fully saturated rings. The molecular weight excluding hydrogens is 372 g/mol. The molecule has 0 unspecified atom stereocenters. The largest absolute Gasteiger partial charge is 0.506 e. The summed E-state index contributed by atoms with van der Waals surface area (Å²) in [6, 6.07) is 16.9. The Kier molecular flexibility index (Phi) is 5.27. The normalized spacial score (nSPS) is 19.0. The maximum atomic E-state index is 10.5. The first-order valence-electron chi connectivity index (χ1n) is 9.13. The second-order valence-electron chi connectivity index (χ2n) is 6.60. The van der Waals surface area contributed by atoms with Crippen LogP contribution < -0.4 is 10.2 Å². The highest BCUT2D eigenvalue weighted by Gasteiger charge is 2.42. The van der Waals surface area contributed by atoms with Crippen molar-refractivity contribution >= 4 is 23.0 Å². The monoisotopic (exact) mass is 394 g/mol. The molecule has 6 nitrogen and oxygen atoms in total. The number of hydrogen-bond donors (Lipinski definition) is 2. The van der Waals surface area contributed by atoms with E-state index >= 15 is 0 Å². The molecular formula is C21H22N4O2S. The summed E-state index contributed by atoms with van der Waals surface area (Å²) in [5, 5.41) is 14.5. The molecule has 4 rings (SSSR count). The quantitative estimate of drug-likeness (QED) is 0.625. The third-order valence-corrected chi connectivity index (χ3v) is 5.26. The van der Waals surface area contributed by atoms with Gasteiger partial charge in [0.15, 0.2) is 5.11 Å². The molecule has 3 aromatic rings. The van der Waals surface area contributed by atoms with Gasteiger partial charge in [-0.1, -0.05) is 18.2 Å². The smallest absolute Gasteiger partial charge is 0.174 e. The Bertz CT molecular complexity index is 960. The lowest BCUT2D eigenvalue weighted by Gasteiger charge is -2.29. The number of methoxy groups -OCH3 is 1. The highest BCUT2D eigenvalue weighted by molar-refractivity contribution is 7.80. The number of ether oxygens (including phenoxy) is 1. The number of nitrogens with zero attached hydrogens (tertiary/aromatic N) is 3. The van der Waals surface area contributed by atoms with E-state index in [2.05, 4.69) is 20.9 Å².